The molecule has 14 heavy (non-hydrogen) atoms. The first-order valence-electron chi connectivity index (χ1n) is 4.90. The lowest BCUT2D eigenvalue weighted by molar-refractivity contribution is 0.615. The van der Waals surface area contributed by atoms with Crippen molar-refractivity contribution in [3.63, 3.8) is 0 Å². The van der Waals surface area contributed by atoms with Gasteiger partial charge in [0, 0.05) is 11.4 Å². The van der Waals surface area contributed by atoms with Crippen LogP contribution in [0.15, 0.2) is 28.9 Å². The van der Waals surface area contributed by atoms with Gasteiger partial charge in [-0.2, -0.15) is 0 Å². The summed E-state index contributed by atoms with van der Waals surface area (Å²) in [5, 5.41) is 1.20. The molecule has 0 aliphatic rings. The first kappa shape index (κ1) is 9.28. The van der Waals surface area contributed by atoms with E-state index in [-0.39, 0.29) is 6.04 Å². The van der Waals surface area contributed by atoms with Gasteiger partial charge < -0.3 is 10.2 Å². The second-order valence-electron chi connectivity index (χ2n) is 3.86. The molecular weight excluding hydrogens is 174 g/mol. The van der Waals surface area contributed by atoms with Crippen LogP contribution in [-0.4, -0.2) is 6.04 Å². The van der Waals surface area contributed by atoms with Gasteiger partial charge in [0.05, 0.1) is 6.26 Å². The largest absolute Gasteiger partial charge is 0.464 e. The average Bonchev–Trinajstić information content (AvgIpc) is 2.57. The van der Waals surface area contributed by atoms with E-state index in [0.29, 0.717) is 0 Å². The van der Waals surface area contributed by atoms with Crippen molar-refractivity contribution in [2.75, 3.05) is 0 Å². The molecule has 74 valence electrons. The Kier molecular flexibility index (Phi) is 2.30. The van der Waals surface area contributed by atoms with E-state index >= 15 is 0 Å². The molecule has 2 N–H and O–H groups in total. The molecule has 2 aromatic rings. The highest BCUT2D eigenvalue weighted by atomic mass is 16.3. The van der Waals surface area contributed by atoms with E-state index in [0.717, 1.165) is 12.0 Å². The van der Waals surface area contributed by atoms with Crippen molar-refractivity contribution in [1.82, 2.24) is 0 Å². The van der Waals surface area contributed by atoms with Crippen LogP contribution in [0.3, 0.4) is 0 Å². The number of nitrogens with two attached hydrogens (primary N) is 1. The van der Waals surface area contributed by atoms with E-state index in [1.165, 1.54) is 16.5 Å². The fraction of sp³-hybridized carbons (Fsp3) is 0.333. The molecule has 1 atom stereocenters. The summed E-state index contributed by atoms with van der Waals surface area (Å²) in [5.74, 6) is 0. The number of benzene rings is 1. The summed E-state index contributed by atoms with van der Waals surface area (Å²) in [7, 11) is 0. The lowest BCUT2D eigenvalue weighted by atomic mass is 9.99. The molecule has 0 saturated heterocycles. The molecule has 0 fully saturated rings. The normalized spacial score (nSPS) is 13.4. The van der Waals surface area contributed by atoms with Crippen LogP contribution in [0.25, 0.3) is 11.0 Å². The van der Waals surface area contributed by atoms with Gasteiger partial charge in [0.2, 0.25) is 0 Å². The molecule has 0 amide bonds. The number of furan rings is 1. The second kappa shape index (κ2) is 3.46. The molecule has 0 saturated carbocycles. The SMILES string of the molecule is Cc1c(CC(C)N)ccc2occc12. The van der Waals surface area contributed by atoms with E-state index in [9.17, 15) is 0 Å². The summed E-state index contributed by atoms with van der Waals surface area (Å²) >= 11 is 0. The maximum absolute atomic E-state index is 5.79. The monoisotopic (exact) mass is 189 g/mol. The van der Waals surface area contributed by atoms with E-state index in [1.807, 2.05) is 19.1 Å². The highest BCUT2D eigenvalue weighted by Gasteiger charge is 2.06. The summed E-state index contributed by atoms with van der Waals surface area (Å²) in [6.45, 7) is 4.15. The third-order valence-electron chi connectivity index (χ3n) is 2.56. The number of fused-ring (bicyclic) bond motifs is 1. The van der Waals surface area contributed by atoms with Gasteiger partial charge in [0.15, 0.2) is 0 Å². The molecule has 0 spiro atoms. The summed E-state index contributed by atoms with van der Waals surface area (Å²) in [5.41, 5.74) is 9.34. The average molecular weight is 189 g/mol. The molecule has 0 radical (unpaired) electrons. The maximum Gasteiger partial charge on any atom is 0.134 e. The molecule has 1 aromatic heterocycles. The smallest absolute Gasteiger partial charge is 0.134 e. The molecule has 1 aromatic carbocycles. The molecule has 1 heterocycles. The zero-order chi connectivity index (χ0) is 10.1. The molecule has 2 rings (SSSR count). The fourth-order valence-electron chi connectivity index (χ4n) is 1.80. The van der Waals surface area contributed by atoms with Gasteiger partial charge in [-0.05, 0) is 43.5 Å². The predicted molar refractivity (Wildman–Crippen MR) is 58.3 cm³/mol. The molecule has 2 nitrogen and oxygen atoms in total. The Labute approximate surface area is 83.7 Å². The van der Waals surface area contributed by atoms with Gasteiger partial charge in [0.25, 0.3) is 0 Å². The van der Waals surface area contributed by atoms with Crippen molar-refractivity contribution in [1.29, 1.82) is 0 Å². The van der Waals surface area contributed by atoms with Crippen molar-refractivity contribution >= 4 is 11.0 Å². The van der Waals surface area contributed by atoms with Crippen LogP contribution in [0.2, 0.25) is 0 Å². The van der Waals surface area contributed by atoms with Crippen LogP contribution in [0.4, 0.5) is 0 Å². The van der Waals surface area contributed by atoms with Gasteiger partial charge >= 0.3 is 0 Å². The fourth-order valence-corrected chi connectivity index (χ4v) is 1.80. The summed E-state index contributed by atoms with van der Waals surface area (Å²) in [6.07, 6.45) is 2.65. The first-order valence-corrected chi connectivity index (χ1v) is 4.90. The quantitative estimate of drug-likeness (QED) is 0.788. The van der Waals surface area contributed by atoms with E-state index in [1.54, 1.807) is 6.26 Å². The lowest BCUT2D eigenvalue weighted by Gasteiger charge is -2.08. The minimum absolute atomic E-state index is 0.207. The number of rotatable bonds is 2. The van der Waals surface area contributed by atoms with Gasteiger partial charge in [-0.25, -0.2) is 0 Å². The highest BCUT2D eigenvalue weighted by molar-refractivity contribution is 5.81. The van der Waals surface area contributed by atoms with Crippen molar-refractivity contribution in [3.05, 3.63) is 35.6 Å². The van der Waals surface area contributed by atoms with E-state index in [2.05, 4.69) is 13.0 Å². The Hall–Kier alpha value is -1.28. The van der Waals surface area contributed by atoms with Gasteiger partial charge in [-0.3, -0.25) is 0 Å². The molecule has 0 aliphatic heterocycles. The van der Waals surface area contributed by atoms with E-state index in [4.69, 9.17) is 10.2 Å². The van der Waals surface area contributed by atoms with Crippen LogP contribution in [0.5, 0.6) is 0 Å². The van der Waals surface area contributed by atoms with Crippen molar-refractivity contribution < 1.29 is 4.42 Å². The van der Waals surface area contributed by atoms with E-state index < -0.39 is 0 Å². The third-order valence-corrected chi connectivity index (χ3v) is 2.56. The Balaban J connectivity index is 2.51. The lowest BCUT2D eigenvalue weighted by Crippen LogP contribution is -2.18. The zero-order valence-electron chi connectivity index (χ0n) is 8.58. The van der Waals surface area contributed by atoms with Crippen molar-refractivity contribution in [2.24, 2.45) is 5.73 Å². The first-order chi connectivity index (χ1) is 6.68. The molecule has 0 bridgehead atoms. The van der Waals surface area contributed by atoms with Crippen LogP contribution < -0.4 is 5.73 Å². The van der Waals surface area contributed by atoms with Crippen LogP contribution in [0.1, 0.15) is 18.1 Å². The Morgan fingerprint density at radius 3 is 2.86 bits per heavy atom. The Morgan fingerprint density at radius 2 is 2.14 bits per heavy atom. The molecule has 0 aliphatic carbocycles. The minimum Gasteiger partial charge on any atom is -0.464 e. The third kappa shape index (κ3) is 1.53. The van der Waals surface area contributed by atoms with Crippen LogP contribution >= 0.6 is 0 Å². The number of hydrogen-bond acceptors (Lipinski definition) is 2. The summed E-state index contributed by atoms with van der Waals surface area (Å²) in [4.78, 5) is 0. The topological polar surface area (TPSA) is 39.2 Å². The summed E-state index contributed by atoms with van der Waals surface area (Å²) in [6, 6.07) is 6.33. The second-order valence-corrected chi connectivity index (χ2v) is 3.86. The van der Waals surface area contributed by atoms with Crippen LogP contribution in [0, 0.1) is 6.92 Å². The maximum atomic E-state index is 5.79. The highest BCUT2D eigenvalue weighted by Crippen LogP contribution is 2.23. The molecule has 1 unspecified atom stereocenters. The van der Waals surface area contributed by atoms with Gasteiger partial charge in [-0.1, -0.05) is 6.07 Å². The zero-order valence-corrected chi connectivity index (χ0v) is 8.58. The van der Waals surface area contributed by atoms with Gasteiger partial charge in [0.1, 0.15) is 5.58 Å². The standard InChI is InChI=1S/C12H15NO/c1-8(13)7-10-3-4-12-11(9(10)2)5-6-14-12/h3-6,8H,7,13H2,1-2H3. The van der Waals surface area contributed by atoms with Crippen LogP contribution in [-0.2, 0) is 6.42 Å². The number of hydrogen-bond donors (Lipinski definition) is 1. The molecular formula is C12H15NO. The Morgan fingerprint density at radius 1 is 1.36 bits per heavy atom. The molecule has 2 heteroatoms. The Bertz CT molecular complexity index is 443. The summed E-state index contributed by atoms with van der Waals surface area (Å²) < 4.78 is 5.33. The minimum atomic E-state index is 0.207. The van der Waals surface area contributed by atoms with Crippen molar-refractivity contribution in [3.8, 4) is 0 Å². The number of aryl methyl sites for hydroxylation is 1. The van der Waals surface area contributed by atoms with Crippen molar-refractivity contribution in [2.45, 2.75) is 26.3 Å². The predicted octanol–water partition coefficient (Wildman–Crippen LogP) is 2.63. The van der Waals surface area contributed by atoms with Gasteiger partial charge in [-0.15, -0.1) is 0 Å².